The average molecular weight is 2010 g/mol. The van der Waals surface area contributed by atoms with Crippen molar-refractivity contribution in [2.45, 2.75) is 369 Å². The van der Waals surface area contributed by atoms with Crippen LogP contribution in [0, 0.1) is 56.6 Å². The second-order valence-corrected chi connectivity index (χ2v) is 24.4. The first-order valence-electron chi connectivity index (χ1n) is 33.0. The standard InChI is InChI=1S/C18H22O2.C14H10O4.C10H16O6.C8H12N4.3C5H10O2.C4H7N.C4H4O4.CH5P.25CH4.2BH2OP.N2.3H2/c1-17(2,15-11-7-5-8-12-15)19-20-18(3,4)16-13-9-6-10-14-16;15-13(11-7-3-1-4-8-11)17-18-14(16)12-9-5-2-6-10-12;1-6(11)5-10(2,16-3)7(9(14)15)4-8(12)13;1-7(2,5-9)11-12-8(3,4)6-10;3*1-4(6)5(2)7-3;1-4(2)3-5;5-3(6)1-2-4(7)8;1-2;;;;;;;;;;;;;;;;;;;;;;;;;;2*2-1-3;1-2;;;/h5-14H,1-4H3;1-10H;7H,4-5H2,1-3H3,(H,12,13)(H,14,15);1-4H3;3*5H,1-3H3;4H,1-2H3;1-2H,(H,5,6)(H,7,8);2H2,1H3;25*1H4;2*3H2;;3*1H/b;;;;;;;;2-1-;;;;;;;;;;;;;;;;;;;;;;;;;;;;;;;;/i;;;;;;;;;1D;;;;;;;;;;;;;;;;;;;;;;;;;;;;;3*1+1. The molecule has 36 heteroatoms. The Hall–Kier alpha value is -9.61. The fraction of sp³-hybridized carbons (Fsp3) is 0.606. The van der Waals surface area contributed by atoms with Gasteiger partial charge in [-0.05, 0) is 160 Å². The number of aliphatic carboxylic acids is 4. The SMILES string of the molecule is C.C.C.C.C.C.C.C.C.C.C.C.C.C.C.C.C.C.C.C.C.C.C.C.C.CC(C)(C#N)N=NC(C)(C)C#N.CC(C)(OOC(C)(C)c1ccccc1)c1ccccc1.CC(C)C#N.COC(C)(CC(C)=O)C(CC(=O)O)C(=O)O.COC(C)C(C)=O.COC(C)C(C)=O.COC(C)C(C)=O.N#N.O=BP.O=BP.O=C(O)/C=C\C(=O)O.O=C(OOC(=O)c1ccccc1)c1ccccc1.[2HH].[2HH].[2HH].[2H]CP. The normalized spacial score (nSPS) is 9.39. The minimum absolute atomic E-state index is 0. The Labute approximate surface area is 845 Å². The number of hydrogen-bond donors (Lipinski definition) is 4. The van der Waals surface area contributed by atoms with Gasteiger partial charge in [-0.1, -0.05) is 289 Å². The van der Waals surface area contributed by atoms with E-state index in [9.17, 15) is 47.9 Å². The third-order valence-electron chi connectivity index (χ3n) is 12.6. The number of azo groups is 1. The number of carboxylic acid groups (broad SMARTS) is 4. The van der Waals surface area contributed by atoms with Crippen LogP contribution < -0.4 is 0 Å². The zero-order valence-electron chi connectivity index (χ0n) is 67.7. The van der Waals surface area contributed by atoms with Crippen LogP contribution in [0.4, 0.5) is 0 Å². The number of ether oxygens (including phenoxy) is 4. The summed E-state index contributed by atoms with van der Waals surface area (Å²) in [6, 6.07) is 42.7. The Morgan fingerprint density at radius 2 is 0.637 bits per heavy atom. The summed E-state index contributed by atoms with van der Waals surface area (Å²) in [6.45, 7) is 32.5. The van der Waals surface area contributed by atoms with E-state index in [-0.39, 0.29) is 244 Å². The van der Waals surface area contributed by atoms with E-state index in [2.05, 4.69) is 43.5 Å². The number of nitrogens with zero attached hydrogens (tertiary/aromatic N) is 7. The Kier molecular flexibility index (Phi) is 235. The first kappa shape index (κ1) is 227. The maximum absolute atomic E-state index is 11.5. The predicted molar refractivity (Wildman–Crippen MR) is 595 cm³/mol. The number of nitriles is 3. The molecule has 0 spiro atoms. The monoisotopic (exact) mass is 2010 g/mol. The number of carbonyl (C=O) groups excluding carboxylic acids is 6. The number of Topliss-reactive ketones (excluding diaryl/α,β-unsaturated/α-hetero) is 4. The third-order valence-corrected chi connectivity index (χ3v) is 12.6. The molecule has 4 aromatic carbocycles. The number of benzene rings is 4. The molecule has 8 atom stereocenters. The molecule has 0 heterocycles. The molecule has 0 saturated heterocycles. The van der Waals surface area contributed by atoms with Gasteiger partial charge >= 0.3 is 77.2 Å². The van der Waals surface area contributed by atoms with Crippen molar-refractivity contribution in [1.29, 1.82) is 26.6 Å². The van der Waals surface area contributed by atoms with Crippen LogP contribution in [0.1, 0.15) is 361 Å². The van der Waals surface area contributed by atoms with E-state index in [4.69, 9.17) is 72.3 Å². The maximum Gasteiger partial charge on any atom is 0.386 e. The zero-order valence-corrected chi connectivity index (χ0v) is 70.1. The van der Waals surface area contributed by atoms with Gasteiger partial charge in [0.2, 0.25) is 0 Å². The molecule has 4 rings (SSSR count). The van der Waals surface area contributed by atoms with E-state index in [1.165, 1.54) is 63.1 Å². The molecule has 0 amide bonds. The molecule has 0 saturated carbocycles. The van der Waals surface area contributed by atoms with Crippen molar-refractivity contribution >= 4 is 100 Å². The van der Waals surface area contributed by atoms with Crippen molar-refractivity contribution in [3.8, 4) is 18.2 Å². The Bertz CT molecular complexity index is 3340. The van der Waals surface area contributed by atoms with Gasteiger partial charge in [0, 0.05) is 69.4 Å². The number of methoxy groups -OCH3 is 4. The minimum Gasteiger partial charge on any atom is -0.478 e. The topological polar surface area (TPSA) is 503 Å². The number of ketones is 4. The molecule has 0 aliphatic heterocycles. The maximum atomic E-state index is 11.5. The van der Waals surface area contributed by atoms with Crippen molar-refractivity contribution in [2.24, 2.45) is 22.1 Å². The fourth-order valence-electron chi connectivity index (χ4n) is 5.81. The van der Waals surface area contributed by atoms with Gasteiger partial charge in [-0.15, -0.1) is 9.24 Å². The molecule has 0 aliphatic rings. The van der Waals surface area contributed by atoms with Crippen molar-refractivity contribution in [3.63, 3.8) is 0 Å². The van der Waals surface area contributed by atoms with E-state index in [1.54, 1.807) is 109 Å². The molecule has 0 bridgehead atoms. The van der Waals surface area contributed by atoms with Gasteiger partial charge in [-0.2, -0.15) is 26.0 Å². The van der Waals surface area contributed by atoms with Crippen molar-refractivity contribution in [2.75, 3.05) is 35.1 Å². The molecule has 31 nitrogen and oxygen atoms in total. The van der Waals surface area contributed by atoms with E-state index >= 15 is 0 Å². The fourth-order valence-corrected chi connectivity index (χ4v) is 5.81. The molecule has 812 valence electrons. The molecule has 0 fully saturated rings. The van der Waals surface area contributed by atoms with Crippen LogP contribution >= 0.6 is 27.5 Å². The first-order chi connectivity index (χ1) is 51.4. The van der Waals surface area contributed by atoms with Gasteiger partial charge in [-0.25, -0.2) is 38.7 Å². The van der Waals surface area contributed by atoms with Gasteiger partial charge in [0.05, 0.1) is 47.3 Å². The Balaban J connectivity index is -0.0000000237. The molecule has 4 N–H and O–H groups in total. The second-order valence-electron chi connectivity index (χ2n) is 23.9. The van der Waals surface area contributed by atoms with Gasteiger partial charge < -0.3 is 39.4 Å². The van der Waals surface area contributed by atoms with E-state index in [0.717, 1.165) is 11.1 Å². The molecule has 0 radical (unpaired) electrons. The zero-order chi connectivity index (χ0) is 88.8. The molecule has 0 aliphatic carbocycles. The van der Waals surface area contributed by atoms with E-state index < -0.39 is 76.0 Å². The number of carbonyl (C=O) groups is 10. The van der Waals surface area contributed by atoms with Crippen molar-refractivity contribution in [1.82, 2.24) is 0 Å². The summed E-state index contributed by atoms with van der Waals surface area (Å²) < 4.78 is 42.7. The van der Waals surface area contributed by atoms with Crippen LogP contribution in [-0.2, 0) is 97.5 Å². The average Bonchev–Trinajstić information content (AvgIpc) is 0.830. The van der Waals surface area contributed by atoms with Gasteiger partial charge in [0.15, 0.2) is 28.4 Å². The second kappa shape index (κ2) is 140. The molecule has 8 unspecified atom stereocenters. The van der Waals surface area contributed by atoms with E-state index in [1.807, 2.05) is 139 Å². The van der Waals surface area contributed by atoms with Crippen molar-refractivity contribution in [3.05, 3.63) is 156 Å². The smallest absolute Gasteiger partial charge is 0.386 e. The third kappa shape index (κ3) is 142. The Morgan fingerprint density at radius 1 is 0.437 bits per heavy atom. The largest absolute Gasteiger partial charge is 0.478 e. The number of rotatable bonds is 24. The van der Waals surface area contributed by atoms with Crippen LogP contribution in [0.25, 0.3) is 0 Å². The molecular weight excluding hydrogens is 1790 g/mol. The minimum atomic E-state index is -1.30. The summed E-state index contributed by atoms with van der Waals surface area (Å²) in [5.41, 5.74) is -1.15. The van der Waals surface area contributed by atoms with Crippen LogP contribution in [0.2, 0.25) is 0 Å². The summed E-state index contributed by atoms with van der Waals surface area (Å²) in [5.74, 6) is -7.55. The van der Waals surface area contributed by atoms with Gasteiger partial charge in [0.1, 0.15) is 35.3 Å². The Morgan fingerprint density at radius 3 is 0.770 bits per heavy atom. The van der Waals surface area contributed by atoms with Crippen molar-refractivity contribution < 1.29 is 122 Å². The van der Waals surface area contributed by atoms with Gasteiger partial charge in [-0.3, -0.25) is 28.8 Å². The molecule has 0 aromatic heterocycles. The van der Waals surface area contributed by atoms with Crippen LogP contribution in [-0.4, -0.2) is 163 Å². The molecule has 135 heavy (non-hydrogen) atoms. The van der Waals surface area contributed by atoms with E-state index in [0.29, 0.717) is 43.7 Å². The van der Waals surface area contributed by atoms with Gasteiger partial charge in [0.25, 0.3) is 0 Å². The number of carboxylic acids is 4. The molecular formula is C99H216B2N7O24P3. The first-order valence-corrected chi connectivity index (χ1v) is 34.5. The summed E-state index contributed by atoms with van der Waals surface area (Å²) in [7, 11) is 11.9. The summed E-state index contributed by atoms with van der Waals surface area (Å²) in [4.78, 5) is 126. The van der Waals surface area contributed by atoms with Crippen LogP contribution in [0.15, 0.2) is 144 Å². The predicted octanol–water partition coefficient (Wildman–Crippen LogP) is 29.5. The number of hydrogen-bond acceptors (Lipinski definition) is 27. The summed E-state index contributed by atoms with van der Waals surface area (Å²) >= 11 is 0. The summed E-state index contributed by atoms with van der Waals surface area (Å²) in [6.07, 6.45) is -0.300. The van der Waals surface area contributed by atoms with Crippen LogP contribution in [0.3, 0.4) is 0 Å². The van der Waals surface area contributed by atoms with Crippen LogP contribution in [0.5, 0.6) is 0 Å². The summed E-state index contributed by atoms with van der Waals surface area (Å²) in [5, 5.41) is 77.8. The molecule has 4 aromatic rings. The quantitative estimate of drug-likeness (QED) is 0.00962.